The molecule has 1 aromatic carbocycles. The van der Waals surface area contributed by atoms with Gasteiger partial charge in [-0.15, -0.1) is 0 Å². The van der Waals surface area contributed by atoms with Gasteiger partial charge in [-0.05, 0) is 74.8 Å². The predicted molar refractivity (Wildman–Crippen MR) is 141 cm³/mol. The van der Waals surface area contributed by atoms with Crippen LogP contribution >= 0.6 is 12.2 Å². The number of rotatable bonds is 8. The number of methoxy groups -OCH3 is 1. The molecule has 1 saturated carbocycles. The molecule has 2 atom stereocenters. The third kappa shape index (κ3) is 4.62. The van der Waals surface area contributed by atoms with Crippen LogP contribution in [-0.2, 0) is 4.79 Å². The highest BCUT2D eigenvalue weighted by molar-refractivity contribution is 7.80. The molecule has 2 N–H and O–H groups in total. The molecule has 35 heavy (non-hydrogen) atoms. The molecule has 1 amide bonds. The van der Waals surface area contributed by atoms with E-state index in [1.165, 1.54) is 29.8 Å². The van der Waals surface area contributed by atoms with Crippen molar-refractivity contribution in [2.24, 2.45) is 0 Å². The average Bonchev–Trinajstić information content (AvgIpc) is 3.58. The van der Waals surface area contributed by atoms with Crippen LogP contribution in [0.15, 0.2) is 54.7 Å². The summed E-state index contributed by atoms with van der Waals surface area (Å²) in [6.45, 7) is 4.87. The van der Waals surface area contributed by atoms with Crippen molar-refractivity contribution in [3.8, 4) is 5.75 Å². The molecule has 3 heterocycles. The lowest BCUT2D eigenvalue weighted by Crippen LogP contribution is -2.33. The number of hydrogen-bond acceptors (Lipinski definition) is 4. The van der Waals surface area contributed by atoms with E-state index < -0.39 is 0 Å². The van der Waals surface area contributed by atoms with Crippen molar-refractivity contribution < 1.29 is 9.53 Å². The molecule has 5 rings (SSSR count). The Morgan fingerprint density at radius 2 is 1.97 bits per heavy atom. The number of ether oxygens (including phenoxy) is 1. The maximum Gasteiger partial charge on any atom is 0.226 e. The smallest absolute Gasteiger partial charge is 0.226 e. The molecule has 182 valence electrons. The molecule has 0 bridgehead atoms. The Labute approximate surface area is 211 Å². The first-order valence-electron chi connectivity index (χ1n) is 12.1. The summed E-state index contributed by atoms with van der Waals surface area (Å²) in [6, 6.07) is 16.1. The highest BCUT2D eigenvalue weighted by Crippen LogP contribution is 2.44. The summed E-state index contributed by atoms with van der Waals surface area (Å²) in [5.41, 5.74) is 5.38. The van der Waals surface area contributed by atoms with E-state index in [0.717, 1.165) is 5.69 Å². The van der Waals surface area contributed by atoms with Gasteiger partial charge in [-0.3, -0.25) is 9.78 Å². The maximum atomic E-state index is 12.9. The molecule has 0 spiro atoms. The normalized spacial score (nSPS) is 19.5. The number of anilines is 1. The molecule has 1 aliphatic carbocycles. The van der Waals surface area contributed by atoms with E-state index in [0.29, 0.717) is 35.6 Å². The Bertz CT molecular complexity index is 1240. The van der Waals surface area contributed by atoms with E-state index >= 15 is 0 Å². The predicted octanol–water partition coefficient (Wildman–Crippen LogP) is 4.84. The zero-order chi connectivity index (χ0) is 24.5. The molecule has 0 unspecified atom stereocenters. The molecule has 0 radical (unpaired) electrons. The van der Waals surface area contributed by atoms with Crippen molar-refractivity contribution in [3.05, 3.63) is 77.4 Å². The van der Waals surface area contributed by atoms with Gasteiger partial charge in [0.2, 0.25) is 5.91 Å². The summed E-state index contributed by atoms with van der Waals surface area (Å²) >= 11 is 5.79. The van der Waals surface area contributed by atoms with Crippen LogP contribution in [-0.4, -0.2) is 39.1 Å². The van der Waals surface area contributed by atoms with Gasteiger partial charge < -0.3 is 24.8 Å². The fourth-order valence-corrected chi connectivity index (χ4v) is 5.50. The van der Waals surface area contributed by atoms with Crippen molar-refractivity contribution in [1.82, 2.24) is 19.8 Å². The number of aryl methyl sites for hydroxylation is 1. The summed E-state index contributed by atoms with van der Waals surface area (Å²) in [4.78, 5) is 19.7. The summed E-state index contributed by atoms with van der Waals surface area (Å²) in [5.74, 6) is 0.556. The Morgan fingerprint density at radius 1 is 1.20 bits per heavy atom. The van der Waals surface area contributed by atoms with Crippen molar-refractivity contribution in [3.63, 3.8) is 0 Å². The molecule has 7 nitrogen and oxygen atoms in total. The van der Waals surface area contributed by atoms with E-state index in [1.807, 2.05) is 48.7 Å². The Balaban J connectivity index is 1.41. The summed E-state index contributed by atoms with van der Waals surface area (Å²) in [5, 5.41) is 7.12. The first-order valence-corrected chi connectivity index (χ1v) is 12.5. The minimum atomic E-state index is -0.0888. The minimum Gasteiger partial charge on any atom is -0.495 e. The number of pyridine rings is 1. The van der Waals surface area contributed by atoms with Gasteiger partial charge in [-0.2, -0.15) is 0 Å². The van der Waals surface area contributed by atoms with Crippen molar-refractivity contribution in [2.75, 3.05) is 19.0 Å². The van der Waals surface area contributed by atoms with Gasteiger partial charge in [0.25, 0.3) is 0 Å². The third-order valence-electron chi connectivity index (χ3n) is 6.91. The van der Waals surface area contributed by atoms with E-state index in [1.54, 1.807) is 7.11 Å². The number of carbonyl (C=O) groups is 1. The number of aromatic nitrogens is 2. The fourth-order valence-electron chi connectivity index (χ4n) is 5.16. The van der Waals surface area contributed by atoms with Gasteiger partial charge in [0.15, 0.2) is 5.11 Å². The summed E-state index contributed by atoms with van der Waals surface area (Å²) in [7, 11) is 1.60. The van der Waals surface area contributed by atoms with Crippen LogP contribution in [0.4, 0.5) is 5.69 Å². The van der Waals surface area contributed by atoms with Crippen LogP contribution in [0.5, 0.6) is 5.75 Å². The van der Waals surface area contributed by atoms with E-state index in [2.05, 4.69) is 45.0 Å². The largest absolute Gasteiger partial charge is 0.495 e. The van der Waals surface area contributed by atoms with Crippen molar-refractivity contribution in [2.45, 2.75) is 51.2 Å². The first kappa shape index (κ1) is 23.4. The number of amides is 1. The second-order valence-electron chi connectivity index (χ2n) is 9.25. The highest BCUT2D eigenvalue weighted by atomic mass is 32.1. The lowest BCUT2D eigenvalue weighted by Gasteiger charge is -2.28. The Hall–Kier alpha value is -3.39. The van der Waals surface area contributed by atoms with Gasteiger partial charge in [0.1, 0.15) is 5.75 Å². The number of hydrogen-bond donors (Lipinski definition) is 2. The molecule has 1 saturated heterocycles. The molecule has 2 aliphatic rings. The molecule has 8 heteroatoms. The monoisotopic (exact) mass is 489 g/mol. The van der Waals surface area contributed by atoms with E-state index in [-0.39, 0.29) is 18.0 Å². The third-order valence-corrected chi connectivity index (χ3v) is 7.27. The van der Waals surface area contributed by atoms with Gasteiger partial charge in [-0.25, -0.2) is 0 Å². The molecular formula is C27H31N5O2S. The second kappa shape index (κ2) is 9.70. The number of thiocarbonyl (C=S) groups is 1. The van der Waals surface area contributed by atoms with E-state index in [9.17, 15) is 4.79 Å². The van der Waals surface area contributed by atoms with Gasteiger partial charge in [0, 0.05) is 36.6 Å². The van der Waals surface area contributed by atoms with Crippen molar-refractivity contribution in [1.29, 1.82) is 0 Å². The Morgan fingerprint density at radius 3 is 2.69 bits per heavy atom. The maximum absolute atomic E-state index is 12.9. The van der Waals surface area contributed by atoms with Gasteiger partial charge in [0.05, 0.1) is 30.6 Å². The van der Waals surface area contributed by atoms with Crippen LogP contribution in [0.25, 0.3) is 0 Å². The topological polar surface area (TPSA) is 71.4 Å². The van der Waals surface area contributed by atoms with Crippen molar-refractivity contribution >= 4 is 28.9 Å². The molecule has 3 aromatic rings. The fraction of sp³-hybridized carbons (Fsp3) is 0.370. The zero-order valence-corrected chi connectivity index (χ0v) is 21.1. The van der Waals surface area contributed by atoms with E-state index in [4.69, 9.17) is 17.0 Å². The van der Waals surface area contributed by atoms with Crippen LogP contribution < -0.4 is 15.4 Å². The van der Waals surface area contributed by atoms with Crippen LogP contribution in [0, 0.1) is 13.8 Å². The molecule has 2 fully saturated rings. The average molecular weight is 490 g/mol. The molecular weight excluding hydrogens is 458 g/mol. The quantitative estimate of drug-likeness (QED) is 0.441. The lowest BCUT2D eigenvalue weighted by molar-refractivity contribution is -0.116. The number of nitrogens with one attached hydrogen (secondary N) is 2. The number of nitrogens with zero attached hydrogens (tertiary/aromatic N) is 3. The van der Waals surface area contributed by atoms with Crippen LogP contribution in [0.3, 0.4) is 0 Å². The van der Waals surface area contributed by atoms with Gasteiger partial charge in [-0.1, -0.05) is 18.2 Å². The molecule has 1 aliphatic heterocycles. The number of para-hydroxylation sites is 2. The SMILES string of the molecule is COc1ccccc1NC(=O)CCN1C(=S)N[C@@H](c2ccccn2)[C@@H]1c1cc(C)n(C2CC2)c1C. The highest BCUT2D eigenvalue weighted by Gasteiger charge is 2.42. The first-order chi connectivity index (χ1) is 17.0. The van der Waals surface area contributed by atoms with Crippen LogP contribution in [0.2, 0.25) is 0 Å². The Kier molecular flexibility index (Phi) is 6.47. The zero-order valence-electron chi connectivity index (χ0n) is 20.3. The second-order valence-corrected chi connectivity index (χ2v) is 9.63. The number of carbonyl (C=O) groups excluding carboxylic acids is 1. The summed E-state index contributed by atoms with van der Waals surface area (Å²) < 4.78 is 7.82. The van der Waals surface area contributed by atoms with Crippen LogP contribution in [0.1, 0.15) is 60.0 Å². The molecule has 2 aromatic heterocycles. The lowest BCUT2D eigenvalue weighted by atomic mass is 9.96. The minimum absolute atomic E-state index is 0.0461. The number of benzene rings is 1. The van der Waals surface area contributed by atoms with Gasteiger partial charge >= 0.3 is 0 Å². The standard InChI is InChI=1S/C27H31N5O2S/c1-17-16-20(18(2)32(17)19-11-12-19)26-25(22-9-6-7-14-28-22)30-27(35)31(26)15-13-24(33)29-21-8-4-5-10-23(21)34-3/h4-10,14,16,19,25-26H,11-13,15H2,1-3H3,(H,29,33)(H,30,35)/t25-,26-/m0/s1. The summed E-state index contributed by atoms with van der Waals surface area (Å²) in [6.07, 6.45) is 4.57.